The van der Waals surface area contributed by atoms with Gasteiger partial charge in [-0.05, 0) is 6.07 Å². The molecule has 0 spiro atoms. The minimum Gasteiger partial charge on any atom is -0.310 e. The number of rotatable bonds is 1. The Balaban J connectivity index is 2.69. The molecule has 0 atom stereocenters. The van der Waals surface area contributed by atoms with E-state index < -0.39 is 8.07 Å². The van der Waals surface area contributed by atoms with Crippen molar-refractivity contribution in [3.8, 4) is 11.5 Å². The lowest BCUT2D eigenvalue weighted by molar-refractivity contribution is -0.114. The standard InChI is InChI=1S/C15H16ClN3OSi/c1-10(20)19-15-12(5-6-21(2,3)4)13-9-17-14(16)7-11(13)8-18-15/h7-9H,1-4H3,(H,18,19,20). The van der Waals surface area contributed by atoms with Crippen LogP contribution in [-0.2, 0) is 4.79 Å². The number of fused-ring (bicyclic) bond motifs is 1. The van der Waals surface area contributed by atoms with Crippen LogP contribution in [-0.4, -0.2) is 23.9 Å². The van der Waals surface area contributed by atoms with E-state index in [0.29, 0.717) is 16.5 Å². The smallest absolute Gasteiger partial charge is 0.222 e. The minimum atomic E-state index is -1.55. The fraction of sp³-hybridized carbons (Fsp3) is 0.267. The molecule has 2 aromatic heterocycles. The molecule has 0 aliphatic carbocycles. The van der Waals surface area contributed by atoms with Gasteiger partial charge in [-0.2, -0.15) is 0 Å². The number of amides is 1. The van der Waals surface area contributed by atoms with Crippen molar-refractivity contribution in [2.75, 3.05) is 5.32 Å². The number of pyridine rings is 2. The zero-order chi connectivity index (χ0) is 15.6. The summed E-state index contributed by atoms with van der Waals surface area (Å²) in [4.78, 5) is 19.7. The lowest BCUT2D eigenvalue weighted by atomic mass is 10.1. The Kier molecular flexibility index (Phi) is 4.31. The van der Waals surface area contributed by atoms with Gasteiger partial charge in [0.25, 0.3) is 0 Å². The van der Waals surface area contributed by atoms with Crippen molar-refractivity contribution in [1.82, 2.24) is 9.97 Å². The number of carbonyl (C=O) groups excluding carboxylic acids is 1. The van der Waals surface area contributed by atoms with Crippen LogP contribution in [0.25, 0.3) is 10.8 Å². The van der Waals surface area contributed by atoms with E-state index in [1.807, 2.05) is 0 Å². The zero-order valence-electron chi connectivity index (χ0n) is 12.4. The summed E-state index contributed by atoms with van der Waals surface area (Å²) in [5, 5.41) is 4.81. The Morgan fingerprint density at radius 3 is 2.62 bits per heavy atom. The van der Waals surface area contributed by atoms with Crippen molar-refractivity contribution in [2.24, 2.45) is 0 Å². The highest BCUT2D eigenvalue weighted by Gasteiger charge is 2.12. The molecular weight excluding hydrogens is 302 g/mol. The molecule has 4 nitrogen and oxygen atoms in total. The summed E-state index contributed by atoms with van der Waals surface area (Å²) in [5.41, 5.74) is 3.98. The van der Waals surface area contributed by atoms with Crippen LogP contribution in [0, 0.1) is 11.5 Å². The fourth-order valence-electron chi connectivity index (χ4n) is 1.72. The van der Waals surface area contributed by atoms with Gasteiger partial charge in [0, 0.05) is 30.1 Å². The quantitative estimate of drug-likeness (QED) is 0.498. The number of anilines is 1. The summed E-state index contributed by atoms with van der Waals surface area (Å²) in [6.07, 6.45) is 3.33. The number of hydrogen-bond donors (Lipinski definition) is 1. The van der Waals surface area contributed by atoms with E-state index in [0.717, 1.165) is 10.8 Å². The topological polar surface area (TPSA) is 54.9 Å². The third-order valence-electron chi connectivity index (χ3n) is 2.60. The molecule has 0 bridgehead atoms. The van der Waals surface area contributed by atoms with Gasteiger partial charge in [0.05, 0.1) is 5.56 Å². The van der Waals surface area contributed by atoms with Crippen LogP contribution in [0.2, 0.25) is 24.8 Å². The van der Waals surface area contributed by atoms with Crippen molar-refractivity contribution in [3.63, 3.8) is 0 Å². The summed E-state index contributed by atoms with van der Waals surface area (Å²) in [6.45, 7) is 7.92. The number of nitrogens with zero attached hydrogens (tertiary/aromatic N) is 2. The zero-order valence-corrected chi connectivity index (χ0v) is 14.2. The Hall–Kier alpha value is -1.90. The van der Waals surface area contributed by atoms with Crippen molar-refractivity contribution in [1.29, 1.82) is 0 Å². The molecule has 0 saturated heterocycles. The van der Waals surface area contributed by atoms with E-state index in [1.165, 1.54) is 6.92 Å². The van der Waals surface area contributed by atoms with Crippen molar-refractivity contribution >= 4 is 42.2 Å². The number of aromatic nitrogens is 2. The molecule has 2 heterocycles. The van der Waals surface area contributed by atoms with Crippen LogP contribution in [0.5, 0.6) is 0 Å². The molecule has 0 saturated carbocycles. The maximum Gasteiger partial charge on any atom is 0.222 e. The van der Waals surface area contributed by atoms with Crippen LogP contribution < -0.4 is 5.32 Å². The lowest BCUT2D eigenvalue weighted by Crippen LogP contribution is -2.16. The molecular formula is C15H16ClN3OSi. The van der Waals surface area contributed by atoms with E-state index in [9.17, 15) is 4.79 Å². The summed E-state index contributed by atoms with van der Waals surface area (Å²) >= 11 is 5.91. The fourth-order valence-corrected chi connectivity index (χ4v) is 2.39. The van der Waals surface area contributed by atoms with Gasteiger partial charge in [-0.1, -0.05) is 37.2 Å². The first kappa shape index (κ1) is 15.5. The van der Waals surface area contributed by atoms with E-state index >= 15 is 0 Å². The van der Waals surface area contributed by atoms with E-state index in [4.69, 9.17) is 11.6 Å². The highest BCUT2D eigenvalue weighted by atomic mass is 35.5. The number of nitrogens with one attached hydrogen (secondary N) is 1. The molecule has 1 N–H and O–H groups in total. The van der Waals surface area contributed by atoms with Crippen LogP contribution >= 0.6 is 11.6 Å². The SMILES string of the molecule is CC(=O)Nc1ncc2cc(Cl)ncc2c1C#C[Si](C)(C)C. The molecule has 0 aliphatic heterocycles. The normalized spacial score (nSPS) is 10.9. The second-order valence-corrected chi connectivity index (χ2v) is 10.9. The molecule has 108 valence electrons. The summed E-state index contributed by atoms with van der Waals surface area (Å²) < 4.78 is 0. The third kappa shape index (κ3) is 4.03. The monoisotopic (exact) mass is 317 g/mol. The van der Waals surface area contributed by atoms with Crippen LogP contribution in [0.1, 0.15) is 12.5 Å². The van der Waals surface area contributed by atoms with E-state index in [-0.39, 0.29) is 5.91 Å². The van der Waals surface area contributed by atoms with Gasteiger partial charge in [0.1, 0.15) is 19.0 Å². The molecule has 0 aliphatic rings. The summed E-state index contributed by atoms with van der Waals surface area (Å²) in [5.74, 6) is 3.45. The second kappa shape index (κ2) is 5.84. The average Bonchev–Trinajstić information content (AvgIpc) is 2.35. The van der Waals surface area contributed by atoms with Gasteiger partial charge in [-0.15, -0.1) is 5.54 Å². The molecule has 0 fully saturated rings. The Morgan fingerprint density at radius 1 is 1.29 bits per heavy atom. The van der Waals surface area contributed by atoms with Gasteiger partial charge in [0.2, 0.25) is 5.91 Å². The molecule has 21 heavy (non-hydrogen) atoms. The van der Waals surface area contributed by atoms with Crippen molar-refractivity contribution in [2.45, 2.75) is 26.6 Å². The lowest BCUT2D eigenvalue weighted by Gasteiger charge is -2.09. The Bertz CT molecular complexity index is 772. The first-order valence-corrected chi connectivity index (χ1v) is 10.4. The van der Waals surface area contributed by atoms with Gasteiger partial charge < -0.3 is 5.32 Å². The molecule has 2 aromatic rings. The van der Waals surface area contributed by atoms with Crippen LogP contribution in [0.4, 0.5) is 5.82 Å². The Morgan fingerprint density at radius 2 is 2.00 bits per heavy atom. The summed E-state index contributed by atoms with van der Waals surface area (Å²) in [7, 11) is -1.55. The average molecular weight is 318 g/mol. The number of hydrogen-bond acceptors (Lipinski definition) is 3. The number of halogens is 1. The van der Waals surface area contributed by atoms with Gasteiger partial charge in [-0.25, -0.2) is 9.97 Å². The maximum atomic E-state index is 11.3. The molecule has 6 heteroatoms. The van der Waals surface area contributed by atoms with Gasteiger partial charge in [-0.3, -0.25) is 4.79 Å². The predicted octanol–water partition coefficient (Wildman–Crippen LogP) is 3.47. The predicted molar refractivity (Wildman–Crippen MR) is 89.1 cm³/mol. The van der Waals surface area contributed by atoms with E-state index in [2.05, 4.69) is 46.4 Å². The molecule has 0 unspecified atom stereocenters. The van der Waals surface area contributed by atoms with Gasteiger partial charge in [0.15, 0.2) is 0 Å². The maximum absolute atomic E-state index is 11.3. The molecule has 0 aromatic carbocycles. The van der Waals surface area contributed by atoms with Crippen LogP contribution in [0.15, 0.2) is 18.5 Å². The first-order chi connectivity index (χ1) is 9.76. The molecule has 1 amide bonds. The van der Waals surface area contributed by atoms with Crippen molar-refractivity contribution < 1.29 is 4.79 Å². The largest absolute Gasteiger partial charge is 0.310 e. The highest BCUT2D eigenvalue weighted by molar-refractivity contribution is 6.83. The Labute approximate surface area is 130 Å². The number of carbonyl (C=O) groups is 1. The van der Waals surface area contributed by atoms with Gasteiger partial charge >= 0.3 is 0 Å². The summed E-state index contributed by atoms with van der Waals surface area (Å²) in [6, 6.07) is 1.74. The second-order valence-electron chi connectivity index (χ2n) is 5.76. The third-order valence-corrected chi connectivity index (χ3v) is 3.68. The van der Waals surface area contributed by atoms with E-state index in [1.54, 1.807) is 18.5 Å². The highest BCUT2D eigenvalue weighted by Crippen LogP contribution is 2.24. The first-order valence-electron chi connectivity index (χ1n) is 6.51. The van der Waals surface area contributed by atoms with Crippen LogP contribution in [0.3, 0.4) is 0 Å². The van der Waals surface area contributed by atoms with Crippen molar-refractivity contribution in [3.05, 3.63) is 29.2 Å². The molecule has 0 radical (unpaired) electrons. The molecule has 2 rings (SSSR count). The minimum absolute atomic E-state index is 0.181.